The van der Waals surface area contributed by atoms with Crippen LogP contribution in [0.5, 0.6) is 5.75 Å². The first kappa shape index (κ1) is 22.9. The molecule has 0 unspecified atom stereocenters. The largest absolute Gasteiger partial charge is 0.491 e. The molecule has 1 fully saturated rings. The standard InChI is InChI=1S/C23H24ClN5O4S/c24-19-12-16(3-4-21(19)33-11-8-29-6-9-32-10-7-29)15-34(30,31)17-13-20(26-14-17)22-18-2-1-5-25-23(18)28-27-22/h1-5,12-14,26H,6-11,15H2,(H,25,27,28). The van der Waals surface area contributed by atoms with Crippen molar-refractivity contribution in [1.29, 1.82) is 0 Å². The first-order valence-corrected chi connectivity index (χ1v) is 12.9. The van der Waals surface area contributed by atoms with Crippen LogP contribution in [0.4, 0.5) is 0 Å². The lowest BCUT2D eigenvalue weighted by Gasteiger charge is -2.26. The van der Waals surface area contributed by atoms with Gasteiger partial charge in [-0.3, -0.25) is 10.00 Å². The fourth-order valence-electron chi connectivity index (χ4n) is 3.92. The molecule has 0 radical (unpaired) electrons. The van der Waals surface area contributed by atoms with Crippen LogP contribution in [0.25, 0.3) is 22.4 Å². The van der Waals surface area contributed by atoms with Crippen molar-refractivity contribution in [2.75, 3.05) is 39.5 Å². The SMILES string of the molecule is O=S(=O)(Cc1ccc(OCCN2CCOCC2)c(Cl)c1)c1c[nH]c(-c2[nH]nc3ncccc23)c1. The fraction of sp³-hybridized carbons (Fsp3) is 0.304. The van der Waals surface area contributed by atoms with Crippen molar-refractivity contribution in [3.63, 3.8) is 0 Å². The van der Waals surface area contributed by atoms with Crippen molar-refractivity contribution in [2.24, 2.45) is 0 Å². The number of hydrogen-bond acceptors (Lipinski definition) is 7. The van der Waals surface area contributed by atoms with E-state index >= 15 is 0 Å². The Bertz CT molecular complexity index is 1400. The lowest BCUT2D eigenvalue weighted by atomic mass is 10.2. The van der Waals surface area contributed by atoms with Crippen molar-refractivity contribution < 1.29 is 17.9 Å². The Labute approximate surface area is 202 Å². The normalized spacial score (nSPS) is 15.1. The Hall–Kier alpha value is -2.92. The van der Waals surface area contributed by atoms with Crippen LogP contribution in [0.3, 0.4) is 0 Å². The third-order valence-electron chi connectivity index (χ3n) is 5.74. The minimum atomic E-state index is -3.60. The van der Waals surface area contributed by atoms with Gasteiger partial charge in [0.05, 0.1) is 40.3 Å². The summed E-state index contributed by atoms with van der Waals surface area (Å²) in [6, 6.07) is 10.4. The number of nitrogens with zero attached hydrogens (tertiary/aromatic N) is 3. The molecule has 11 heteroatoms. The van der Waals surface area contributed by atoms with Crippen LogP contribution < -0.4 is 4.74 Å². The molecule has 178 valence electrons. The minimum Gasteiger partial charge on any atom is -0.491 e. The van der Waals surface area contributed by atoms with Crippen molar-refractivity contribution in [3.05, 3.63) is 59.4 Å². The van der Waals surface area contributed by atoms with E-state index in [9.17, 15) is 8.42 Å². The maximum Gasteiger partial charge on any atom is 0.184 e. The number of aromatic nitrogens is 4. The second-order valence-electron chi connectivity index (χ2n) is 8.05. The van der Waals surface area contributed by atoms with Crippen molar-refractivity contribution in [3.8, 4) is 17.1 Å². The van der Waals surface area contributed by atoms with E-state index < -0.39 is 9.84 Å². The summed E-state index contributed by atoms with van der Waals surface area (Å²) in [4.78, 5) is 9.68. The molecular formula is C23H24ClN5O4S. The number of morpholine rings is 1. The van der Waals surface area contributed by atoms with Crippen LogP contribution in [-0.4, -0.2) is 72.9 Å². The van der Waals surface area contributed by atoms with Crippen molar-refractivity contribution >= 4 is 32.5 Å². The number of sulfone groups is 1. The molecule has 1 aliphatic rings. The molecule has 9 nitrogen and oxygen atoms in total. The number of H-pyrrole nitrogens is 2. The first-order chi connectivity index (χ1) is 16.5. The monoisotopic (exact) mass is 501 g/mol. The quantitative estimate of drug-likeness (QED) is 0.381. The van der Waals surface area contributed by atoms with E-state index in [1.807, 2.05) is 12.1 Å². The molecule has 34 heavy (non-hydrogen) atoms. The lowest BCUT2D eigenvalue weighted by molar-refractivity contribution is 0.0322. The summed E-state index contributed by atoms with van der Waals surface area (Å²) < 4.78 is 37.2. The highest BCUT2D eigenvalue weighted by Crippen LogP contribution is 2.29. The lowest BCUT2D eigenvalue weighted by Crippen LogP contribution is -2.38. The van der Waals surface area contributed by atoms with E-state index in [-0.39, 0.29) is 10.6 Å². The molecule has 4 heterocycles. The molecule has 1 aliphatic heterocycles. The Morgan fingerprint density at radius 1 is 1.18 bits per heavy atom. The number of hydrogen-bond donors (Lipinski definition) is 2. The summed E-state index contributed by atoms with van der Waals surface area (Å²) in [5.74, 6) is 0.364. The van der Waals surface area contributed by atoms with Gasteiger partial charge in [0, 0.05) is 37.4 Å². The van der Waals surface area contributed by atoms with Crippen LogP contribution in [0.15, 0.2) is 53.7 Å². The molecule has 1 saturated heterocycles. The highest BCUT2D eigenvalue weighted by molar-refractivity contribution is 7.90. The summed E-state index contributed by atoms with van der Waals surface area (Å²) in [7, 11) is -3.60. The average molecular weight is 502 g/mol. The van der Waals surface area contributed by atoms with Gasteiger partial charge in [-0.25, -0.2) is 13.4 Å². The van der Waals surface area contributed by atoms with Gasteiger partial charge in [-0.15, -0.1) is 0 Å². The zero-order valence-corrected chi connectivity index (χ0v) is 19.9. The van der Waals surface area contributed by atoms with Crippen molar-refractivity contribution in [1.82, 2.24) is 25.1 Å². The van der Waals surface area contributed by atoms with E-state index in [1.165, 1.54) is 6.20 Å². The Balaban J connectivity index is 1.25. The molecule has 0 atom stereocenters. The molecule has 0 spiro atoms. The van der Waals surface area contributed by atoms with Crippen LogP contribution in [-0.2, 0) is 20.3 Å². The molecule has 5 rings (SSSR count). The Morgan fingerprint density at radius 3 is 2.85 bits per heavy atom. The van der Waals surface area contributed by atoms with Crippen molar-refractivity contribution in [2.45, 2.75) is 10.6 Å². The molecular weight excluding hydrogens is 478 g/mol. The molecule has 0 aliphatic carbocycles. The third kappa shape index (κ3) is 4.95. The highest BCUT2D eigenvalue weighted by Gasteiger charge is 2.20. The smallest absolute Gasteiger partial charge is 0.184 e. The van der Waals surface area contributed by atoms with Crippen LogP contribution in [0.2, 0.25) is 5.02 Å². The number of benzene rings is 1. The minimum absolute atomic E-state index is 0.177. The predicted molar refractivity (Wildman–Crippen MR) is 129 cm³/mol. The van der Waals surface area contributed by atoms with Gasteiger partial charge in [0.2, 0.25) is 0 Å². The Kier molecular flexibility index (Phi) is 6.55. The van der Waals surface area contributed by atoms with E-state index in [2.05, 4.69) is 25.1 Å². The number of halogens is 1. The first-order valence-electron chi connectivity index (χ1n) is 10.9. The molecule has 2 N–H and O–H groups in total. The predicted octanol–water partition coefficient (Wildman–Crippen LogP) is 3.29. The maximum atomic E-state index is 13.0. The van der Waals surface area contributed by atoms with Gasteiger partial charge in [0.25, 0.3) is 0 Å². The number of rotatable bonds is 8. The molecule has 0 saturated carbocycles. The second-order valence-corrected chi connectivity index (χ2v) is 10.4. The van der Waals surface area contributed by atoms with Gasteiger partial charge >= 0.3 is 0 Å². The summed E-state index contributed by atoms with van der Waals surface area (Å²) in [6.07, 6.45) is 3.14. The summed E-state index contributed by atoms with van der Waals surface area (Å²) in [6.45, 7) is 4.55. The third-order valence-corrected chi connectivity index (χ3v) is 7.70. The second kappa shape index (κ2) is 9.75. The summed E-state index contributed by atoms with van der Waals surface area (Å²) >= 11 is 6.38. The fourth-order valence-corrected chi connectivity index (χ4v) is 5.50. The Morgan fingerprint density at radius 2 is 2.03 bits per heavy atom. The zero-order valence-electron chi connectivity index (χ0n) is 18.3. The summed E-state index contributed by atoms with van der Waals surface area (Å²) in [5.41, 5.74) is 2.46. The van der Waals surface area contributed by atoms with E-state index in [0.29, 0.717) is 40.0 Å². The zero-order chi connectivity index (χ0) is 23.5. The topological polar surface area (TPSA) is 113 Å². The number of pyridine rings is 1. The average Bonchev–Trinajstić information content (AvgIpc) is 3.49. The van der Waals surface area contributed by atoms with E-state index in [1.54, 1.807) is 30.5 Å². The number of ether oxygens (including phenoxy) is 2. The number of fused-ring (bicyclic) bond motifs is 1. The van der Waals surface area contributed by atoms with Crippen LogP contribution in [0.1, 0.15) is 5.56 Å². The van der Waals surface area contributed by atoms with E-state index in [4.69, 9.17) is 21.1 Å². The van der Waals surface area contributed by atoms with Gasteiger partial charge < -0.3 is 14.5 Å². The molecule has 3 aromatic heterocycles. The van der Waals surface area contributed by atoms with Gasteiger partial charge in [0.15, 0.2) is 15.5 Å². The van der Waals surface area contributed by atoms with Gasteiger partial charge in [-0.1, -0.05) is 17.7 Å². The van der Waals surface area contributed by atoms with Gasteiger partial charge in [-0.05, 0) is 35.9 Å². The molecule has 0 amide bonds. The number of nitrogens with one attached hydrogen (secondary N) is 2. The van der Waals surface area contributed by atoms with Gasteiger partial charge in [-0.2, -0.15) is 5.10 Å². The van der Waals surface area contributed by atoms with Crippen LogP contribution in [0, 0.1) is 0 Å². The van der Waals surface area contributed by atoms with E-state index in [0.717, 1.165) is 38.2 Å². The highest BCUT2D eigenvalue weighted by atomic mass is 35.5. The molecule has 4 aromatic rings. The summed E-state index contributed by atoms with van der Waals surface area (Å²) in [5, 5.41) is 8.28. The maximum absolute atomic E-state index is 13.0. The number of aromatic amines is 2. The van der Waals surface area contributed by atoms with Crippen LogP contribution >= 0.6 is 11.6 Å². The van der Waals surface area contributed by atoms with Gasteiger partial charge in [0.1, 0.15) is 12.4 Å². The molecule has 1 aromatic carbocycles. The molecule has 0 bridgehead atoms.